The van der Waals surface area contributed by atoms with E-state index in [0.717, 1.165) is 29.4 Å². The van der Waals surface area contributed by atoms with E-state index in [0.29, 0.717) is 50.9 Å². The summed E-state index contributed by atoms with van der Waals surface area (Å²) in [7, 11) is 1.16. The van der Waals surface area contributed by atoms with Gasteiger partial charge in [-0.05, 0) is 63.3 Å². The number of carbonyl (C=O) groups is 3. The van der Waals surface area contributed by atoms with Crippen molar-refractivity contribution in [2.75, 3.05) is 20.2 Å². The van der Waals surface area contributed by atoms with Crippen LogP contribution in [0.3, 0.4) is 0 Å². The third-order valence-electron chi connectivity index (χ3n) is 7.15. The topological polar surface area (TPSA) is 66.9 Å². The maximum absolute atomic E-state index is 13.1. The van der Waals surface area contributed by atoms with Gasteiger partial charge in [-0.25, -0.2) is 0 Å². The van der Waals surface area contributed by atoms with E-state index in [1.165, 1.54) is 0 Å². The number of benzene rings is 1. The lowest BCUT2D eigenvalue weighted by atomic mass is 9.78. The minimum absolute atomic E-state index is 0.116. The van der Waals surface area contributed by atoms with Crippen molar-refractivity contribution in [1.29, 1.82) is 0 Å². The van der Waals surface area contributed by atoms with Gasteiger partial charge >= 0.3 is 12.1 Å². The third kappa shape index (κ3) is 6.51. The normalized spacial score (nSPS) is 21.0. The summed E-state index contributed by atoms with van der Waals surface area (Å²) in [6, 6.07) is 6.13. The second-order valence-electron chi connectivity index (χ2n) is 9.83. The number of nitrogens with zero attached hydrogens (tertiary/aromatic N) is 2. The molecular formula is C26H33F3N2O4. The maximum Gasteiger partial charge on any atom is 0.471 e. The van der Waals surface area contributed by atoms with E-state index in [-0.39, 0.29) is 12.3 Å². The highest BCUT2D eigenvalue weighted by atomic mass is 19.4. The van der Waals surface area contributed by atoms with Gasteiger partial charge in [0.2, 0.25) is 0 Å². The molecule has 0 N–H and O–H groups in total. The maximum atomic E-state index is 13.1. The smallest absolute Gasteiger partial charge is 0.471 e. The van der Waals surface area contributed by atoms with Gasteiger partial charge in [0.15, 0.2) is 0 Å². The number of hydrogen-bond donors (Lipinski definition) is 0. The summed E-state index contributed by atoms with van der Waals surface area (Å²) >= 11 is 0. The van der Waals surface area contributed by atoms with Crippen LogP contribution in [0.1, 0.15) is 51.5 Å². The van der Waals surface area contributed by atoms with E-state index >= 15 is 0 Å². The minimum atomic E-state index is -4.96. The van der Waals surface area contributed by atoms with Crippen LogP contribution in [0, 0.1) is 0 Å². The third-order valence-corrected chi connectivity index (χ3v) is 7.15. The lowest BCUT2D eigenvalue weighted by molar-refractivity contribution is -0.186. The summed E-state index contributed by atoms with van der Waals surface area (Å²) in [5.74, 6) is -1.08. The van der Waals surface area contributed by atoms with Crippen LogP contribution >= 0.6 is 0 Å². The molecule has 1 saturated carbocycles. The Hall–Kier alpha value is -2.68. The molecule has 0 radical (unpaired) electrons. The molecule has 1 amide bonds. The molecular weight excluding hydrogens is 461 g/mol. The number of rotatable bonds is 8. The van der Waals surface area contributed by atoms with E-state index in [2.05, 4.69) is 0 Å². The average Bonchev–Trinajstić information content (AvgIpc) is 3.17. The van der Waals surface area contributed by atoms with Crippen LogP contribution in [-0.2, 0) is 20.8 Å². The average molecular weight is 495 g/mol. The molecule has 35 heavy (non-hydrogen) atoms. The van der Waals surface area contributed by atoms with Gasteiger partial charge in [0.1, 0.15) is 24.4 Å². The first kappa shape index (κ1) is 26.9. The van der Waals surface area contributed by atoms with Crippen molar-refractivity contribution in [2.24, 2.45) is 0 Å². The minimum Gasteiger partial charge on any atom is -0.490 e. The Bertz CT molecular complexity index is 944. The van der Waals surface area contributed by atoms with Crippen LogP contribution in [-0.4, -0.2) is 71.8 Å². The zero-order chi connectivity index (χ0) is 25.8. The highest BCUT2D eigenvalue weighted by Crippen LogP contribution is 2.44. The molecule has 2 fully saturated rings. The Morgan fingerprint density at radius 3 is 2.40 bits per heavy atom. The van der Waals surface area contributed by atoms with E-state index in [4.69, 9.17) is 4.74 Å². The Morgan fingerprint density at radius 2 is 1.86 bits per heavy atom. The summed E-state index contributed by atoms with van der Waals surface area (Å²) in [5.41, 5.74) is 1.46. The fourth-order valence-electron chi connectivity index (χ4n) is 5.14. The molecule has 6 nitrogen and oxygen atoms in total. The largest absolute Gasteiger partial charge is 0.490 e. The molecule has 2 atom stereocenters. The number of ether oxygens (including phenoxy) is 1. The molecule has 1 spiro atoms. The number of hydrogen-bond acceptors (Lipinski definition) is 5. The monoisotopic (exact) mass is 494 g/mol. The molecule has 1 aliphatic carbocycles. The molecule has 1 aromatic rings. The van der Waals surface area contributed by atoms with Gasteiger partial charge in [0.05, 0.1) is 6.04 Å². The lowest BCUT2D eigenvalue weighted by Gasteiger charge is -2.43. The summed E-state index contributed by atoms with van der Waals surface area (Å²) in [6.07, 6.45) is 0.0948. The summed E-state index contributed by atoms with van der Waals surface area (Å²) < 4.78 is 44.9. The highest BCUT2D eigenvalue weighted by molar-refractivity contribution is 5.82. The van der Waals surface area contributed by atoms with Crippen molar-refractivity contribution in [3.05, 3.63) is 41.5 Å². The van der Waals surface area contributed by atoms with Crippen LogP contribution < -0.4 is 4.74 Å². The van der Waals surface area contributed by atoms with Gasteiger partial charge in [-0.15, -0.1) is 0 Å². The molecule has 192 valence electrons. The summed E-state index contributed by atoms with van der Waals surface area (Å²) in [5, 5.41) is 0. The van der Waals surface area contributed by atoms with Gasteiger partial charge in [0, 0.05) is 38.0 Å². The first-order valence-corrected chi connectivity index (χ1v) is 11.9. The standard InChI is InChI=1S/C26H33F3N2O4/c1-18(2)10-13-35-23-6-4-19(5-7-23)14-20(17-32)31-16-21(30(3)24(34)26(27,28)29)15-25(31)11-8-22(33)9-12-25/h4-7,10,17,20-21H,8-9,11-16H2,1-3H3/t20-,21-/m0/s1. The molecule has 0 aromatic heterocycles. The van der Waals surface area contributed by atoms with Crippen LogP contribution in [0.5, 0.6) is 5.75 Å². The van der Waals surface area contributed by atoms with Crippen molar-refractivity contribution in [1.82, 2.24) is 9.80 Å². The van der Waals surface area contributed by atoms with Crippen molar-refractivity contribution in [3.8, 4) is 5.75 Å². The van der Waals surface area contributed by atoms with E-state index < -0.39 is 29.7 Å². The highest BCUT2D eigenvalue weighted by Gasteiger charge is 2.53. The fraction of sp³-hybridized carbons (Fsp3) is 0.577. The number of Topliss-reactive ketones (excluding diaryl/α,β-unsaturated/α-hetero) is 1. The number of allylic oxidation sites excluding steroid dienone is 1. The number of amides is 1. The van der Waals surface area contributed by atoms with Crippen LogP contribution in [0.4, 0.5) is 13.2 Å². The van der Waals surface area contributed by atoms with Gasteiger partial charge < -0.3 is 14.4 Å². The number of alkyl halides is 3. The molecule has 1 heterocycles. The Morgan fingerprint density at radius 1 is 1.23 bits per heavy atom. The van der Waals surface area contributed by atoms with Gasteiger partial charge in [-0.2, -0.15) is 13.2 Å². The van der Waals surface area contributed by atoms with Crippen molar-refractivity contribution in [2.45, 2.75) is 76.2 Å². The number of halogens is 3. The SMILES string of the molecule is CC(C)=CCOc1ccc(C[C@@H](C=O)N2C[C@@H](N(C)C(=O)C(F)(F)F)CC23CCC(=O)CC3)cc1. The number of aldehydes is 1. The van der Waals surface area contributed by atoms with E-state index in [1.807, 2.05) is 49.1 Å². The van der Waals surface area contributed by atoms with Crippen molar-refractivity contribution >= 4 is 18.0 Å². The Labute approximate surface area is 204 Å². The zero-order valence-corrected chi connectivity index (χ0v) is 20.4. The predicted octanol–water partition coefficient (Wildman–Crippen LogP) is 4.12. The predicted molar refractivity (Wildman–Crippen MR) is 125 cm³/mol. The second kappa shape index (κ2) is 10.9. The summed E-state index contributed by atoms with van der Waals surface area (Å²) in [6.45, 7) is 4.58. The van der Waals surface area contributed by atoms with E-state index in [1.54, 1.807) is 0 Å². The molecule has 1 saturated heterocycles. The number of likely N-dealkylation sites (tertiary alicyclic amines) is 1. The molecule has 0 unspecified atom stereocenters. The van der Waals surface area contributed by atoms with Gasteiger partial charge in [-0.3, -0.25) is 14.5 Å². The molecule has 1 aromatic carbocycles. The van der Waals surface area contributed by atoms with Crippen LogP contribution in [0.15, 0.2) is 35.9 Å². The van der Waals surface area contributed by atoms with Gasteiger partial charge in [-0.1, -0.05) is 17.7 Å². The molecule has 9 heteroatoms. The first-order chi connectivity index (χ1) is 16.4. The molecule has 0 bridgehead atoms. The number of ketones is 1. The van der Waals surface area contributed by atoms with Gasteiger partial charge in [0.25, 0.3) is 0 Å². The number of carbonyl (C=O) groups excluding carboxylic acids is 3. The zero-order valence-electron chi connectivity index (χ0n) is 20.4. The molecule has 1 aliphatic heterocycles. The molecule has 3 rings (SSSR count). The van der Waals surface area contributed by atoms with Crippen molar-refractivity contribution < 1.29 is 32.3 Å². The van der Waals surface area contributed by atoms with Crippen molar-refractivity contribution in [3.63, 3.8) is 0 Å². The van der Waals surface area contributed by atoms with E-state index in [9.17, 15) is 27.6 Å². The first-order valence-electron chi connectivity index (χ1n) is 11.9. The Balaban J connectivity index is 1.77. The Kier molecular flexibility index (Phi) is 8.41. The fourth-order valence-corrected chi connectivity index (χ4v) is 5.14. The quantitative estimate of drug-likeness (QED) is 0.402. The van der Waals surface area contributed by atoms with Crippen LogP contribution in [0.25, 0.3) is 0 Å². The van der Waals surface area contributed by atoms with Crippen LogP contribution in [0.2, 0.25) is 0 Å². The lowest BCUT2D eigenvalue weighted by Crippen LogP contribution is -2.52. The second-order valence-corrected chi connectivity index (χ2v) is 9.83. The molecule has 2 aliphatic rings. The summed E-state index contributed by atoms with van der Waals surface area (Å²) in [4.78, 5) is 38.7. The number of likely N-dealkylation sites (N-methyl/N-ethyl adjacent to an activating group) is 1.